The lowest BCUT2D eigenvalue weighted by Gasteiger charge is -2.23. The van der Waals surface area contributed by atoms with Gasteiger partial charge < -0.3 is 0 Å². The Morgan fingerprint density at radius 2 is 2.06 bits per heavy atom. The third-order valence-electron chi connectivity index (χ3n) is 3.86. The van der Waals surface area contributed by atoms with E-state index in [0.717, 1.165) is 5.41 Å². The second-order valence-corrected chi connectivity index (χ2v) is 8.00. The molecule has 1 aliphatic heterocycles. The van der Waals surface area contributed by atoms with Crippen molar-refractivity contribution in [1.29, 1.82) is 0 Å². The summed E-state index contributed by atoms with van der Waals surface area (Å²) in [5, 5.41) is 0.253. The predicted molar refractivity (Wildman–Crippen MR) is 57.8 cm³/mol. The van der Waals surface area contributed by atoms with Crippen molar-refractivity contribution in [3.63, 3.8) is 0 Å². The van der Waals surface area contributed by atoms with Crippen LogP contribution < -0.4 is 0 Å². The highest BCUT2D eigenvalue weighted by atomic mass is 32.2. The minimum Gasteiger partial charge on any atom is -0.263 e. The Kier molecular flexibility index (Phi) is 2.27. The summed E-state index contributed by atoms with van der Waals surface area (Å²) in [6, 6.07) is 0. The standard InChI is InChI=1S/C9H12O6S2/c1-2-16(10,11)14-8-5-3-6-7(4-5)17(12,13)15-9(6)8/h2,5-9H,1,3-4H2. The van der Waals surface area contributed by atoms with Crippen molar-refractivity contribution in [2.45, 2.75) is 30.3 Å². The number of hydrogen-bond acceptors (Lipinski definition) is 6. The molecule has 2 aliphatic carbocycles. The molecule has 8 heteroatoms. The summed E-state index contributed by atoms with van der Waals surface area (Å²) in [5.41, 5.74) is 0. The smallest absolute Gasteiger partial charge is 0.263 e. The molecule has 0 aromatic carbocycles. The van der Waals surface area contributed by atoms with Crippen molar-refractivity contribution >= 4 is 20.2 Å². The Balaban J connectivity index is 1.90. The molecule has 2 saturated carbocycles. The molecular formula is C9H12O6S2. The minimum atomic E-state index is -3.80. The van der Waals surface area contributed by atoms with Crippen LogP contribution in [0.25, 0.3) is 0 Å². The topological polar surface area (TPSA) is 86.7 Å². The average molecular weight is 280 g/mol. The van der Waals surface area contributed by atoms with Gasteiger partial charge in [-0.3, -0.25) is 8.37 Å². The van der Waals surface area contributed by atoms with Crippen molar-refractivity contribution in [3.05, 3.63) is 12.0 Å². The Bertz CT molecular complexity index is 562. The highest BCUT2D eigenvalue weighted by Gasteiger charge is 2.65. The molecule has 1 heterocycles. The maximum Gasteiger partial charge on any atom is 0.289 e. The van der Waals surface area contributed by atoms with Crippen LogP contribution in [0.1, 0.15) is 12.8 Å². The first-order valence-electron chi connectivity index (χ1n) is 5.32. The Morgan fingerprint density at radius 1 is 1.35 bits per heavy atom. The molecule has 3 rings (SSSR count). The summed E-state index contributed by atoms with van der Waals surface area (Å²) in [5.74, 6) is -0.169. The van der Waals surface area contributed by atoms with Gasteiger partial charge in [-0.2, -0.15) is 16.8 Å². The Labute approximate surface area is 99.8 Å². The molecule has 6 nitrogen and oxygen atoms in total. The molecule has 17 heavy (non-hydrogen) atoms. The highest BCUT2D eigenvalue weighted by Crippen LogP contribution is 2.55. The fraction of sp³-hybridized carbons (Fsp3) is 0.778. The lowest BCUT2D eigenvalue weighted by molar-refractivity contribution is 0.0497. The third kappa shape index (κ3) is 1.58. The zero-order valence-electron chi connectivity index (χ0n) is 8.85. The first kappa shape index (κ1) is 11.6. The van der Waals surface area contributed by atoms with E-state index in [1.54, 1.807) is 0 Å². The van der Waals surface area contributed by atoms with Gasteiger partial charge in [0.1, 0.15) is 12.2 Å². The fourth-order valence-electron chi connectivity index (χ4n) is 3.21. The van der Waals surface area contributed by atoms with Gasteiger partial charge in [-0.1, -0.05) is 6.58 Å². The first-order valence-corrected chi connectivity index (χ1v) is 8.26. The van der Waals surface area contributed by atoms with Crippen LogP contribution in [-0.2, 0) is 28.6 Å². The number of rotatable bonds is 3. The number of hydrogen-bond donors (Lipinski definition) is 0. The third-order valence-corrected chi connectivity index (χ3v) is 6.54. The minimum absolute atomic E-state index is 0.0537. The zero-order valence-corrected chi connectivity index (χ0v) is 10.5. The van der Waals surface area contributed by atoms with E-state index in [4.69, 9.17) is 8.37 Å². The molecule has 0 radical (unpaired) electrons. The molecule has 5 unspecified atom stereocenters. The molecule has 5 atom stereocenters. The van der Waals surface area contributed by atoms with E-state index in [1.807, 2.05) is 0 Å². The van der Waals surface area contributed by atoms with Gasteiger partial charge in [0.2, 0.25) is 0 Å². The van der Waals surface area contributed by atoms with E-state index in [0.29, 0.717) is 12.8 Å². The lowest BCUT2D eigenvalue weighted by atomic mass is 9.95. The maximum absolute atomic E-state index is 11.6. The van der Waals surface area contributed by atoms with E-state index >= 15 is 0 Å². The van der Waals surface area contributed by atoms with Crippen molar-refractivity contribution in [1.82, 2.24) is 0 Å². The average Bonchev–Trinajstić information content (AvgIpc) is 2.82. The molecular weight excluding hydrogens is 268 g/mol. The van der Waals surface area contributed by atoms with Crippen LogP contribution in [0.3, 0.4) is 0 Å². The second-order valence-electron chi connectivity index (χ2n) is 4.71. The van der Waals surface area contributed by atoms with Crippen LogP contribution in [0.2, 0.25) is 0 Å². The molecule has 1 saturated heterocycles. The first-order chi connectivity index (χ1) is 7.84. The summed E-state index contributed by atoms with van der Waals surface area (Å²) >= 11 is 0. The largest absolute Gasteiger partial charge is 0.289 e. The normalized spacial score (nSPS) is 46.2. The van der Waals surface area contributed by atoms with Crippen LogP contribution in [-0.4, -0.2) is 34.3 Å². The van der Waals surface area contributed by atoms with E-state index in [2.05, 4.69) is 6.58 Å². The fourth-order valence-corrected chi connectivity index (χ4v) is 5.75. The molecule has 0 spiro atoms. The van der Waals surface area contributed by atoms with Gasteiger partial charge in [-0.05, 0) is 18.8 Å². The predicted octanol–water partition coefficient (Wildman–Crippen LogP) is -0.0181. The van der Waals surface area contributed by atoms with Crippen LogP contribution in [0.15, 0.2) is 12.0 Å². The summed E-state index contributed by atoms with van der Waals surface area (Å²) in [4.78, 5) is 0. The molecule has 3 aliphatic rings. The summed E-state index contributed by atoms with van der Waals surface area (Å²) < 4.78 is 55.8. The Morgan fingerprint density at radius 3 is 2.71 bits per heavy atom. The van der Waals surface area contributed by atoms with Gasteiger partial charge in [-0.25, -0.2) is 0 Å². The van der Waals surface area contributed by atoms with Crippen LogP contribution in [0, 0.1) is 11.8 Å². The van der Waals surface area contributed by atoms with Gasteiger partial charge in [0, 0.05) is 5.92 Å². The SMILES string of the molecule is C=CS(=O)(=O)OC1C2CC3C1OS(=O)(=O)C3C2. The maximum atomic E-state index is 11.6. The quantitative estimate of drug-likeness (QED) is 0.675. The molecule has 0 aromatic rings. The zero-order chi connectivity index (χ0) is 12.4. The second kappa shape index (κ2) is 3.31. The van der Waals surface area contributed by atoms with Crippen molar-refractivity contribution in [3.8, 4) is 0 Å². The van der Waals surface area contributed by atoms with Crippen molar-refractivity contribution in [2.75, 3.05) is 0 Å². The van der Waals surface area contributed by atoms with Gasteiger partial charge >= 0.3 is 0 Å². The van der Waals surface area contributed by atoms with Gasteiger partial charge in [0.05, 0.1) is 10.7 Å². The molecule has 0 amide bonds. The van der Waals surface area contributed by atoms with Gasteiger partial charge in [-0.15, -0.1) is 0 Å². The van der Waals surface area contributed by atoms with Crippen LogP contribution in [0.5, 0.6) is 0 Å². The monoisotopic (exact) mass is 280 g/mol. The van der Waals surface area contributed by atoms with E-state index < -0.39 is 37.7 Å². The van der Waals surface area contributed by atoms with E-state index in [1.165, 1.54) is 0 Å². The molecule has 3 fully saturated rings. The number of fused-ring (bicyclic) bond motifs is 1. The van der Waals surface area contributed by atoms with Crippen molar-refractivity contribution < 1.29 is 25.2 Å². The molecule has 96 valence electrons. The van der Waals surface area contributed by atoms with Crippen LogP contribution >= 0.6 is 0 Å². The molecule has 2 bridgehead atoms. The van der Waals surface area contributed by atoms with Gasteiger partial charge in [0.25, 0.3) is 20.2 Å². The van der Waals surface area contributed by atoms with E-state index in [-0.39, 0.29) is 11.8 Å². The summed E-state index contributed by atoms with van der Waals surface area (Å²) in [6.07, 6.45) is -0.234. The Hall–Kier alpha value is -0.440. The lowest BCUT2D eigenvalue weighted by Crippen LogP contribution is -2.36. The van der Waals surface area contributed by atoms with E-state index in [9.17, 15) is 16.8 Å². The molecule has 0 aromatic heterocycles. The highest BCUT2D eigenvalue weighted by molar-refractivity contribution is 7.89. The molecule has 0 N–H and O–H groups in total. The summed E-state index contributed by atoms with van der Waals surface area (Å²) in [6.45, 7) is 3.15. The van der Waals surface area contributed by atoms with Crippen LogP contribution in [0.4, 0.5) is 0 Å². The van der Waals surface area contributed by atoms with Gasteiger partial charge in [0.15, 0.2) is 0 Å². The summed E-state index contributed by atoms with van der Waals surface area (Å²) in [7, 11) is -7.33. The van der Waals surface area contributed by atoms with Crippen molar-refractivity contribution in [2.24, 2.45) is 11.8 Å².